The third-order valence-corrected chi connectivity index (χ3v) is 12.9. The zero-order valence-corrected chi connectivity index (χ0v) is 34.2. The van der Waals surface area contributed by atoms with Gasteiger partial charge in [0.1, 0.15) is 5.58 Å². The lowest BCUT2D eigenvalue weighted by atomic mass is 10.0. The molecule has 4 heterocycles. The van der Waals surface area contributed by atoms with Crippen molar-refractivity contribution in [1.82, 2.24) is 19.1 Å². The van der Waals surface area contributed by atoms with Gasteiger partial charge in [-0.1, -0.05) is 158 Å². The lowest BCUT2D eigenvalue weighted by Crippen LogP contribution is -2.06. The van der Waals surface area contributed by atoms with Crippen LogP contribution >= 0.6 is 0 Å². The molecule has 0 N–H and O–H groups in total. The van der Waals surface area contributed by atoms with E-state index in [1.54, 1.807) is 0 Å². The van der Waals surface area contributed by atoms with Crippen LogP contribution in [0.25, 0.3) is 116 Å². The Morgan fingerprint density at radius 3 is 1.76 bits per heavy atom. The van der Waals surface area contributed by atoms with Crippen molar-refractivity contribution in [3.63, 3.8) is 0 Å². The molecule has 63 heavy (non-hydrogen) atoms. The second-order valence-corrected chi connectivity index (χ2v) is 16.4. The van der Waals surface area contributed by atoms with Crippen molar-refractivity contribution in [3.8, 4) is 50.7 Å². The van der Waals surface area contributed by atoms with Gasteiger partial charge in [0.25, 0.3) is 0 Å². The summed E-state index contributed by atoms with van der Waals surface area (Å²) in [5, 5.41) is 6.95. The number of hydrogen-bond acceptors (Lipinski definition) is 3. The molecule has 0 radical (unpaired) electrons. The van der Waals surface area contributed by atoms with Gasteiger partial charge < -0.3 is 13.6 Å². The number of fused-ring (bicyclic) bond motifs is 9. The second-order valence-electron chi connectivity index (χ2n) is 16.4. The predicted molar refractivity (Wildman–Crippen MR) is 260 cm³/mol. The van der Waals surface area contributed by atoms with Gasteiger partial charge in [0, 0.05) is 60.0 Å². The van der Waals surface area contributed by atoms with Crippen LogP contribution in [0.5, 0.6) is 0 Å². The van der Waals surface area contributed by atoms with E-state index in [0.29, 0.717) is 11.9 Å². The molecule has 0 saturated heterocycles. The van der Waals surface area contributed by atoms with Crippen LogP contribution in [-0.2, 0) is 0 Å². The first-order valence-corrected chi connectivity index (χ1v) is 21.6. The molecule has 0 spiro atoms. The molecule has 296 valence electrons. The highest BCUT2D eigenvalue weighted by atomic mass is 16.3. The smallest absolute Gasteiger partial charge is 0.161 e. The molecule has 1 aliphatic rings. The highest BCUT2D eigenvalue weighted by molar-refractivity contribution is 6.16. The summed E-state index contributed by atoms with van der Waals surface area (Å²) >= 11 is 0. The van der Waals surface area contributed by atoms with Crippen molar-refractivity contribution in [1.29, 1.82) is 0 Å². The summed E-state index contributed by atoms with van der Waals surface area (Å²) in [4.78, 5) is 10.4. The number of para-hydroxylation sites is 3. The molecule has 4 aromatic heterocycles. The van der Waals surface area contributed by atoms with Crippen LogP contribution in [0, 0.1) is 0 Å². The van der Waals surface area contributed by atoms with Crippen molar-refractivity contribution < 1.29 is 4.42 Å². The van der Waals surface area contributed by atoms with E-state index in [4.69, 9.17) is 14.4 Å². The van der Waals surface area contributed by atoms with Crippen LogP contribution in [0.3, 0.4) is 0 Å². The largest absolute Gasteiger partial charge is 0.454 e. The molecule has 12 aromatic rings. The SMILES string of the molecule is C1=CCC(n2c3ccccc3c3cc(-c4ccc5c(c4)c4ccccc4n5-c4cccc5c4oc4cccc(-c6nc(-c7ccccc7)cc(-c7ccccc7)n6)c45)ccc32)C=C1. The zero-order valence-electron chi connectivity index (χ0n) is 34.2. The molecular formula is C58H38N4O. The monoisotopic (exact) mass is 806 g/mol. The predicted octanol–water partition coefficient (Wildman–Crippen LogP) is 15.3. The molecule has 13 rings (SSSR count). The van der Waals surface area contributed by atoms with E-state index in [2.05, 4.69) is 179 Å². The Balaban J connectivity index is 0.974. The number of rotatable bonds is 6. The van der Waals surface area contributed by atoms with E-state index in [1.807, 2.05) is 42.5 Å². The first-order chi connectivity index (χ1) is 31.2. The van der Waals surface area contributed by atoms with E-state index in [1.165, 1.54) is 43.7 Å². The fourth-order valence-electron chi connectivity index (χ4n) is 9.99. The third-order valence-electron chi connectivity index (χ3n) is 12.9. The van der Waals surface area contributed by atoms with Gasteiger partial charge in [0.2, 0.25) is 0 Å². The van der Waals surface area contributed by atoms with Gasteiger partial charge in [-0.2, -0.15) is 0 Å². The molecular weight excluding hydrogens is 769 g/mol. The van der Waals surface area contributed by atoms with Crippen LogP contribution in [0.4, 0.5) is 0 Å². The number of aromatic nitrogens is 4. The van der Waals surface area contributed by atoms with Crippen LogP contribution in [0.1, 0.15) is 12.5 Å². The van der Waals surface area contributed by atoms with Gasteiger partial charge in [-0.15, -0.1) is 0 Å². The summed E-state index contributed by atoms with van der Waals surface area (Å²) in [7, 11) is 0. The molecule has 5 heteroatoms. The topological polar surface area (TPSA) is 48.8 Å². The van der Waals surface area contributed by atoms with Crippen molar-refractivity contribution in [2.24, 2.45) is 0 Å². The molecule has 5 nitrogen and oxygen atoms in total. The average Bonchev–Trinajstić information content (AvgIpc) is 4.02. The first kappa shape index (κ1) is 35.5. The third kappa shape index (κ3) is 5.63. The summed E-state index contributed by atoms with van der Waals surface area (Å²) < 4.78 is 11.8. The average molecular weight is 807 g/mol. The van der Waals surface area contributed by atoms with Crippen LogP contribution in [0.15, 0.2) is 217 Å². The van der Waals surface area contributed by atoms with Crippen molar-refractivity contribution in [2.75, 3.05) is 0 Å². The van der Waals surface area contributed by atoms with Gasteiger partial charge in [-0.3, -0.25) is 0 Å². The minimum atomic E-state index is 0.292. The lowest BCUT2D eigenvalue weighted by molar-refractivity contribution is 0.648. The Bertz CT molecular complexity index is 3770. The number of allylic oxidation sites excluding steroid dienone is 4. The van der Waals surface area contributed by atoms with Gasteiger partial charge in [-0.05, 0) is 72.1 Å². The quantitative estimate of drug-likeness (QED) is 0.168. The van der Waals surface area contributed by atoms with Gasteiger partial charge in [-0.25, -0.2) is 9.97 Å². The lowest BCUT2D eigenvalue weighted by Gasteiger charge is -2.18. The van der Waals surface area contributed by atoms with Crippen LogP contribution in [-0.4, -0.2) is 19.1 Å². The Kier molecular flexibility index (Phi) is 7.97. The number of furan rings is 1. The second kappa shape index (κ2) is 14.2. The maximum Gasteiger partial charge on any atom is 0.161 e. The zero-order chi connectivity index (χ0) is 41.4. The highest BCUT2D eigenvalue weighted by Gasteiger charge is 2.22. The van der Waals surface area contributed by atoms with Gasteiger partial charge in [0.15, 0.2) is 11.4 Å². The molecule has 1 atom stereocenters. The Hall–Kier alpha value is -8.28. The van der Waals surface area contributed by atoms with Gasteiger partial charge >= 0.3 is 0 Å². The van der Waals surface area contributed by atoms with E-state index >= 15 is 0 Å². The number of benzene rings is 8. The maximum atomic E-state index is 6.93. The standard InChI is InChI=1S/C58H38N4O/c1-4-16-37(17-5-1)48-36-49(38-18-6-2-7-19-38)60-58(59-48)45-25-15-29-55-56(45)44-24-14-28-54(57(44)63-55)62-51-27-13-11-23-43(51)47-35-40(31-33-53(47)62)39-30-32-52-46(34-39)42-22-10-12-26-50(42)61(52)41-20-8-3-9-21-41/h1-20,22-36,41H,21H2. The first-order valence-electron chi connectivity index (χ1n) is 21.6. The normalized spacial score (nSPS) is 14.0. The van der Waals surface area contributed by atoms with E-state index < -0.39 is 0 Å². The summed E-state index contributed by atoms with van der Waals surface area (Å²) in [6.45, 7) is 0. The Morgan fingerprint density at radius 2 is 1.05 bits per heavy atom. The van der Waals surface area contributed by atoms with Gasteiger partial charge in [0.05, 0.1) is 34.2 Å². The fourth-order valence-corrected chi connectivity index (χ4v) is 9.99. The minimum Gasteiger partial charge on any atom is -0.454 e. The molecule has 0 saturated carbocycles. The van der Waals surface area contributed by atoms with Crippen LogP contribution in [0.2, 0.25) is 0 Å². The van der Waals surface area contributed by atoms with Crippen molar-refractivity contribution in [3.05, 3.63) is 212 Å². The molecule has 8 aromatic carbocycles. The molecule has 1 aliphatic carbocycles. The van der Waals surface area contributed by atoms with E-state index in [0.717, 1.165) is 73.2 Å². The van der Waals surface area contributed by atoms with Crippen molar-refractivity contribution in [2.45, 2.75) is 12.5 Å². The van der Waals surface area contributed by atoms with Crippen LogP contribution < -0.4 is 0 Å². The van der Waals surface area contributed by atoms with E-state index in [-0.39, 0.29) is 0 Å². The molecule has 1 unspecified atom stereocenters. The maximum absolute atomic E-state index is 6.93. The van der Waals surface area contributed by atoms with Crippen molar-refractivity contribution >= 4 is 65.6 Å². The Morgan fingerprint density at radius 1 is 0.460 bits per heavy atom. The Labute approximate surface area is 363 Å². The molecule has 0 amide bonds. The minimum absolute atomic E-state index is 0.292. The summed E-state index contributed by atoms with van der Waals surface area (Å²) in [5.41, 5.74) is 14.5. The summed E-state index contributed by atoms with van der Waals surface area (Å²) in [6, 6.07) is 67.1. The summed E-state index contributed by atoms with van der Waals surface area (Å²) in [6.07, 6.45) is 9.88. The van der Waals surface area contributed by atoms with E-state index in [9.17, 15) is 0 Å². The number of nitrogens with zero attached hydrogens (tertiary/aromatic N) is 4. The molecule has 0 fully saturated rings. The fraction of sp³-hybridized carbons (Fsp3) is 0.0345. The molecule has 0 bridgehead atoms. The summed E-state index contributed by atoms with van der Waals surface area (Å²) in [5.74, 6) is 0.657. The number of hydrogen-bond donors (Lipinski definition) is 0. The highest BCUT2D eigenvalue weighted by Crippen LogP contribution is 2.43. The molecule has 0 aliphatic heterocycles.